The van der Waals surface area contributed by atoms with Crippen LogP contribution in [0.1, 0.15) is 207 Å². The fourth-order valence-corrected chi connectivity index (χ4v) is 8.68. The van der Waals surface area contributed by atoms with Gasteiger partial charge in [-0.2, -0.15) is 0 Å². The fraction of sp³-hybridized carbons (Fsp3) is 0.618. The quantitative estimate of drug-likeness (QED) is 0.0201. The Bertz CT molecular complexity index is 2070. The zero-order valence-electron chi connectivity index (χ0n) is 51.2. The molecule has 15 heteroatoms. The van der Waals surface area contributed by atoms with Crippen molar-refractivity contribution in [1.82, 2.24) is 0 Å². The van der Waals surface area contributed by atoms with Gasteiger partial charge in [0.2, 0.25) is 0 Å². The molecule has 0 aliphatic heterocycles. The van der Waals surface area contributed by atoms with Crippen LogP contribution in [0.2, 0.25) is 0 Å². The monoisotopic (exact) mass is 1160 g/mol. The number of hydrogen-bond acceptors (Lipinski definition) is 14. The molecule has 0 saturated carbocycles. The molecule has 2 aromatic carbocycles. The molecule has 0 bridgehead atoms. The lowest BCUT2D eigenvalue weighted by Gasteiger charge is -2.31. The molecule has 2 atom stereocenters. The van der Waals surface area contributed by atoms with E-state index in [4.69, 9.17) is 37.9 Å². The van der Waals surface area contributed by atoms with Gasteiger partial charge in [-0.15, -0.1) is 0 Å². The first kappa shape index (κ1) is 75.1. The Balaban J connectivity index is 0.00000123. The lowest BCUT2D eigenvalue weighted by Crippen LogP contribution is -2.38. The molecule has 0 aliphatic carbocycles. The largest absolute Gasteiger partial charge is 0.465 e. The van der Waals surface area contributed by atoms with E-state index in [1.807, 2.05) is 13.8 Å². The highest BCUT2D eigenvalue weighted by Gasteiger charge is 2.34. The number of halogens is 1. The Morgan fingerprint density at radius 1 is 0.410 bits per heavy atom. The van der Waals surface area contributed by atoms with Crippen LogP contribution in [0.15, 0.2) is 93.1 Å². The van der Waals surface area contributed by atoms with E-state index in [1.54, 1.807) is 30.3 Å². The molecular weight excluding hydrogens is 1060 g/mol. The maximum atomic E-state index is 13.9. The molecule has 0 spiro atoms. The number of hydrogen-bond donors (Lipinski definition) is 0. The number of carbonyl (C=O) groups is 6. The molecule has 83 heavy (non-hydrogen) atoms. The summed E-state index contributed by atoms with van der Waals surface area (Å²) in [5, 5.41) is 0. The van der Waals surface area contributed by atoms with E-state index in [1.165, 1.54) is 115 Å². The minimum Gasteiger partial charge on any atom is -0.465 e. The van der Waals surface area contributed by atoms with Crippen LogP contribution in [0.25, 0.3) is 11.1 Å². The SMILES string of the molecule is C=CC(=O)OCC(CC)(COCCCCCCCCCCCC)COC(=O)CCCCCCC(=O)OCC(CC)(COCCCCCCCCCCCC)COC(=O)C=C.C=CC(=O)Oc1ccc(-c2ccc(OC(=O)C=C)c(F)c2)cc1. The standard InChI is InChI=1S/C50H90O10.C18H13FO4/c1-7-13-15-17-19-21-23-25-29-33-37-55-39-49(11-5,41-57-45(51)9-3)43-59-47(53)35-31-27-28-32-36-48(54)60-44-50(12-6,42-58-46(52)10-4)40-56-38-34-30-26-24-22-20-18-16-14-8-2;1-3-17(20)22-14-8-5-12(6-9-14)13-7-10-16(15(19)11-13)23-18(21)4-2/h9-10H,3-4,7-8,11-44H2,1-2,5-6H3;3-11H,1-2H2. The van der Waals surface area contributed by atoms with Gasteiger partial charge in [0.25, 0.3) is 0 Å². The summed E-state index contributed by atoms with van der Waals surface area (Å²) in [4.78, 5) is 71.4. The van der Waals surface area contributed by atoms with Crippen LogP contribution < -0.4 is 9.47 Å². The van der Waals surface area contributed by atoms with Gasteiger partial charge in [0.1, 0.15) is 32.2 Å². The van der Waals surface area contributed by atoms with Gasteiger partial charge >= 0.3 is 35.8 Å². The predicted molar refractivity (Wildman–Crippen MR) is 326 cm³/mol. The third-order valence-electron chi connectivity index (χ3n) is 14.4. The van der Waals surface area contributed by atoms with Crippen molar-refractivity contribution >= 4 is 35.8 Å². The van der Waals surface area contributed by atoms with Crippen molar-refractivity contribution in [3.63, 3.8) is 0 Å². The minimum absolute atomic E-state index is 0.0849. The minimum atomic E-state index is -0.731. The van der Waals surface area contributed by atoms with Crippen LogP contribution in [0.3, 0.4) is 0 Å². The molecule has 0 N–H and O–H groups in total. The maximum Gasteiger partial charge on any atom is 0.335 e. The molecule has 0 aliphatic rings. The van der Waals surface area contributed by atoms with Crippen molar-refractivity contribution in [2.75, 3.05) is 52.9 Å². The summed E-state index contributed by atoms with van der Waals surface area (Å²) in [6.07, 6.45) is 33.8. The van der Waals surface area contributed by atoms with Gasteiger partial charge in [-0.1, -0.05) is 201 Å². The summed E-state index contributed by atoms with van der Waals surface area (Å²) in [7, 11) is 0. The second-order valence-electron chi connectivity index (χ2n) is 21.5. The van der Waals surface area contributed by atoms with Gasteiger partial charge in [0.05, 0.1) is 24.0 Å². The van der Waals surface area contributed by atoms with E-state index in [0.29, 0.717) is 69.0 Å². The molecule has 0 radical (unpaired) electrons. The van der Waals surface area contributed by atoms with Crippen molar-refractivity contribution < 1.29 is 71.1 Å². The Morgan fingerprint density at radius 2 is 0.759 bits per heavy atom. The summed E-state index contributed by atoms with van der Waals surface area (Å²) in [5.74, 6) is -3.41. The van der Waals surface area contributed by atoms with E-state index >= 15 is 0 Å². The van der Waals surface area contributed by atoms with E-state index in [9.17, 15) is 33.2 Å². The highest BCUT2D eigenvalue weighted by Crippen LogP contribution is 2.29. The third-order valence-corrected chi connectivity index (χ3v) is 14.4. The zero-order chi connectivity index (χ0) is 61.2. The molecule has 0 saturated heterocycles. The molecule has 0 heterocycles. The number of benzene rings is 2. The average Bonchev–Trinajstić information content (AvgIpc) is 3.57. The Morgan fingerprint density at radius 3 is 1.13 bits per heavy atom. The molecule has 0 fully saturated rings. The normalized spacial score (nSPS) is 12.3. The number of unbranched alkanes of at least 4 members (excludes halogenated alkanes) is 21. The fourth-order valence-electron chi connectivity index (χ4n) is 8.68. The van der Waals surface area contributed by atoms with Gasteiger partial charge in [-0.3, -0.25) is 9.59 Å². The van der Waals surface area contributed by atoms with Crippen molar-refractivity contribution in [2.45, 2.75) is 207 Å². The van der Waals surface area contributed by atoms with E-state index < -0.39 is 40.5 Å². The van der Waals surface area contributed by atoms with E-state index in [0.717, 1.165) is 62.8 Å². The van der Waals surface area contributed by atoms with Crippen LogP contribution in [-0.4, -0.2) is 88.7 Å². The lowest BCUT2D eigenvalue weighted by molar-refractivity contribution is -0.157. The van der Waals surface area contributed by atoms with Crippen molar-refractivity contribution in [1.29, 1.82) is 0 Å². The highest BCUT2D eigenvalue weighted by molar-refractivity contribution is 5.84. The van der Waals surface area contributed by atoms with Crippen LogP contribution >= 0.6 is 0 Å². The summed E-state index contributed by atoms with van der Waals surface area (Å²) in [6, 6.07) is 10.7. The van der Waals surface area contributed by atoms with Crippen molar-refractivity contribution in [2.24, 2.45) is 10.8 Å². The molecule has 2 rings (SSSR count). The number of carbonyl (C=O) groups excluding carboxylic acids is 6. The van der Waals surface area contributed by atoms with Gasteiger partial charge in [-0.25, -0.2) is 23.6 Å². The molecule has 2 aromatic rings. The molecule has 466 valence electrons. The summed E-state index contributed by atoms with van der Waals surface area (Å²) < 4.78 is 58.0. The Labute approximate surface area is 497 Å². The predicted octanol–water partition coefficient (Wildman–Crippen LogP) is 16.2. The van der Waals surface area contributed by atoms with Crippen molar-refractivity contribution in [3.8, 4) is 22.6 Å². The summed E-state index contributed by atoms with van der Waals surface area (Å²) in [5.41, 5.74) is 0.0370. The summed E-state index contributed by atoms with van der Waals surface area (Å²) >= 11 is 0. The van der Waals surface area contributed by atoms with Crippen LogP contribution in [0.4, 0.5) is 4.39 Å². The molecular formula is C68H103FO14. The zero-order valence-corrected chi connectivity index (χ0v) is 51.2. The molecule has 0 amide bonds. The van der Waals surface area contributed by atoms with Crippen LogP contribution in [0.5, 0.6) is 11.5 Å². The Kier molecular flexibility index (Phi) is 43.8. The van der Waals surface area contributed by atoms with Gasteiger partial charge in [0, 0.05) is 50.4 Å². The molecule has 0 aromatic heterocycles. The first-order valence-corrected chi connectivity index (χ1v) is 30.8. The number of rotatable bonds is 50. The molecule has 2 unspecified atom stereocenters. The van der Waals surface area contributed by atoms with Crippen molar-refractivity contribution in [3.05, 3.63) is 98.9 Å². The first-order chi connectivity index (χ1) is 40.2. The Hall–Kier alpha value is -5.93. The van der Waals surface area contributed by atoms with E-state index in [2.05, 4.69) is 40.2 Å². The lowest BCUT2D eigenvalue weighted by atomic mass is 9.88. The van der Waals surface area contributed by atoms with Gasteiger partial charge in [0.15, 0.2) is 11.6 Å². The van der Waals surface area contributed by atoms with Gasteiger partial charge in [-0.05, 0) is 73.9 Å². The topological polar surface area (TPSA) is 176 Å². The second kappa shape index (κ2) is 48.4. The number of ether oxygens (including phenoxy) is 8. The maximum absolute atomic E-state index is 13.9. The van der Waals surface area contributed by atoms with E-state index in [-0.39, 0.29) is 57.0 Å². The first-order valence-electron chi connectivity index (χ1n) is 30.8. The van der Waals surface area contributed by atoms with Gasteiger partial charge < -0.3 is 37.9 Å². The van der Waals surface area contributed by atoms with Crippen LogP contribution in [0, 0.1) is 16.6 Å². The number of esters is 6. The van der Waals surface area contributed by atoms with Crippen LogP contribution in [-0.2, 0) is 57.2 Å². The second-order valence-corrected chi connectivity index (χ2v) is 21.5. The third kappa shape index (κ3) is 37.1. The average molecular weight is 1160 g/mol. The highest BCUT2D eigenvalue weighted by atomic mass is 19.1. The summed E-state index contributed by atoms with van der Waals surface area (Å²) in [6.45, 7) is 24.3. The molecule has 14 nitrogen and oxygen atoms in total. The smallest absolute Gasteiger partial charge is 0.335 e.